The van der Waals surface area contributed by atoms with E-state index in [0.717, 1.165) is 0 Å². The fourth-order valence-corrected chi connectivity index (χ4v) is 1.04. The molecule has 13 heavy (non-hydrogen) atoms. The zero-order valence-corrected chi connectivity index (χ0v) is 7.66. The predicted octanol–water partition coefficient (Wildman–Crippen LogP) is -0.297. The average Bonchev–Trinajstić information content (AvgIpc) is 2.10. The standard InChI is InChI=1S/C8H12N2O3/c1-3-6-4-10(5-13-2)8(12)9-7(6)11/h4H,3,5H2,1-2H3,(H,9,11,12). The third kappa shape index (κ3) is 2.06. The molecule has 0 aliphatic rings. The molecule has 5 nitrogen and oxygen atoms in total. The maximum atomic E-state index is 11.1. The maximum Gasteiger partial charge on any atom is 0.330 e. The molecule has 5 heteroatoms. The van der Waals surface area contributed by atoms with E-state index in [1.807, 2.05) is 6.92 Å². The normalized spacial score (nSPS) is 10.3. The summed E-state index contributed by atoms with van der Waals surface area (Å²) in [6.07, 6.45) is 2.12. The topological polar surface area (TPSA) is 64.1 Å². The Kier molecular flexibility index (Phi) is 3.02. The lowest BCUT2D eigenvalue weighted by Gasteiger charge is -2.04. The van der Waals surface area contributed by atoms with Gasteiger partial charge < -0.3 is 4.74 Å². The minimum absolute atomic E-state index is 0.155. The van der Waals surface area contributed by atoms with Gasteiger partial charge in [0.15, 0.2) is 0 Å². The van der Waals surface area contributed by atoms with Gasteiger partial charge in [0.1, 0.15) is 6.73 Å². The molecular formula is C8H12N2O3. The SMILES string of the molecule is CCc1cn(COC)c(=O)[nH]c1=O. The zero-order valence-electron chi connectivity index (χ0n) is 7.66. The summed E-state index contributed by atoms with van der Waals surface area (Å²) in [7, 11) is 1.49. The summed E-state index contributed by atoms with van der Waals surface area (Å²) in [5.41, 5.74) is -0.180. The lowest BCUT2D eigenvalue weighted by atomic mass is 10.3. The largest absolute Gasteiger partial charge is 0.364 e. The molecule has 0 saturated heterocycles. The first-order chi connectivity index (χ1) is 6.19. The number of aromatic amines is 1. The maximum absolute atomic E-state index is 11.1. The van der Waals surface area contributed by atoms with Gasteiger partial charge >= 0.3 is 5.69 Å². The second-order valence-corrected chi connectivity index (χ2v) is 2.65. The number of aryl methyl sites for hydroxylation is 1. The molecule has 1 aromatic rings. The summed E-state index contributed by atoms with van der Waals surface area (Å²) in [6, 6.07) is 0. The molecule has 1 rings (SSSR count). The first-order valence-corrected chi connectivity index (χ1v) is 4.00. The lowest BCUT2D eigenvalue weighted by molar-refractivity contribution is 0.126. The number of hydrogen-bond acceptors (Lipinski definition) is 3. The highest BCUT2D eigenvalue weighted by Crippen LogP contribution is 1.88. The summed E-state index contributed by atoms with van der Waals surface area (Å²) < 4.78 is 6.11. The minimum atomic E-state index is -0.441. The lowest BCUT2D eigenvalue weighted by Crippen LogP contribution is -2.31. The highest BCUT2D eigenvalue weighted by Gasteiger charge is 2.01. The van der Waals surface area contributed by atoms with Crippen molar-refractivity contribution in [1.82, 2.24) is 9.55 Å². The molecule has 0 radical (unpaired) electrons. The average molecular weight is 184 g/mol. The van der Waals surface area contributed by atoms with Gasteiger partial charge in [0.2, 0.25) is 0 Å². The number of rotatable bonds is 3. The fraction of sp³-hybridized carbons (Fsp3) is 0.500. The van der Waals surface area contributed by atoms with Crippen molar-refractivity contribution in [3.8, 4) is 0 Å². The monoisotopic (exact) mass is 184 g/mol. The summed E-state index contributed by atoms with van der Waals surface area (Å²) >= 11 is 0. The summed E-state index contributed by atoms with van der Waals surface area (Å²) in [4.78, 5) is 24.5. The Hall–Kier alpha value is -1.36. The van der Waals surface area contributed by atoms with E-state index in [4.69, 9.17) is 4.74 Å². The highest BCUT2D eigenvalue weighted by atomic mass is 16.5. The van der Waals surface area contributed by atoms with Crippen LogP contribution in [0.5, 0.6) is 0 Å². The van der Waals surface area contributed by atoms with Gasteiger partial charge in [-0.05, 0) is 6.42 Å². The summed E-state index contributed by atoms with van der Waals surface area (Å²) in [6.45, 7) is 2.01. The molecule has 0 aliphatic carbocycles. The Morgan fingerprint density at radius 2 is 2.23 bits per heavy atom. The van der Waals surface area contributed by atoms with Gasteiger partial charge in [-0.15, -0.1) is 0 Å². The molecule has 0 amide bonds. The van der Waals surface area contributed by atoms with E-state index in [0.29, 0.717) is 12.0 Å². The molecule has 1 aromatic heterocycles. The second kappa shape index (κ2) is 4.04. The van der Waals surface area contributed by atoms with E-state index in [9.17, 15) is 9.59 Å². The number of aromatic nitrogens is 2. The van der Waals surface area contributed by atoms with Crippen LogP contribution in [0.2, 0.25) is 0 Å². The number of nitrogens with zero attached hydrogens (tertiary/aromatic N) is 1. The molecule has 0 aromatic carbocycles. The molecule has 0 spiro atoms. The van der Waals surface area contributed by atoms with Crippen LogP contribution in [0, 0.1) is 0 Å². The van der Waals surface area contributed by atoms with Crippen molar-refractivity contribution in [3.63, 3.8) is 0 Å². The first-order valence-electron chi connectivity index (χ1n) is 4.00. The molecule has 0 bridgehead atoms. The molecule has 72 valence electrons. The predicted molar refractivity (Wildman–Crippen MR) is 47.7 cm³/mol. The van der Waals surface area contributed by atoms with Crippen LogP contribution in [0.15, 0.2) is 15.8 Å². The summed E-state index contributed by atoms with van der Waals surface area (Å²) in [5.74, 6) is 0. The van der Waals surface area contributed by atoms with Gasteiger partial charge in [-0.1, -0.05) is 6.92 Å². The van der Waals surface area contributed by atoms with Gasteiger partial charge in [0.05, 0.1) is 0 Å². The van der Waals surface area contributed by atoms with Gasteiger partial charge in [-0.2, -0.15) is 0 Å². The van der Waals surface area contributed by atoms with Crippen molar-refractivity contribution in [2.24, 2.45) is 0 Å². The van der Waals surface area contributed by atoms with Crippen molar-refractivity contribution in [2.45, 2.75) is 20.1 Å². The molecule has 0 saturated carbocycles. The van der Waals surface area contributed by atoms with Crippen molar-refractivity contribution in [2.75, 3.05) is 7.11 Å². The number of methoxy groups -OCH3 is 1. The van der Waals surface area contributed by atoms with Crippen LogP contribution in [-0.4, -0.2) is 16.7 Å². The molecule has 1 N–H and O–H groups in total. The van der Waals surface area contributed by atoms with Gasteiger partial charge in [0.25, 0.3) is 5.56 Å². The van der Waals surface area contributed by atoms with Crippen molar-refractivity contribution in [1.29, 1.82) is 0 Å². The number of nitrogens with one attached hydrogen (secondary N) is 1. The van der Waals surface area contributed by atoms with Gasteiger partial charge in [0, 0.05) is 18.9 Å². The van der Waals surface area contributed by atoms with E-state index in [2.05, 4.69) is 4.98 Å². The molecule has 0 fully saturated rings. The van der Waals surface area contributed by atoms with Crippen LogP contribution in [-0.2, 0) is 17.9 Å². The zero-order chi connectivity index (χ0) is 9.84. The van der Waals surface area contributed by atoms with Gasteiger partial charge in [-0.25, -0.2) is 4.79 Å². The Morgan fingerprint density at radius 1 is 1.54 bits per heavy atom. The highest BCUT2D eigenvalue weighted by molar-refractivity contribution is 5.03. The summed E-state index contributed by atoms with van der Waals surface area (Å²) in [5, 5.41) is 0. The Morgan fingerprint density at radius 3 is 2.77 bits per heavy atom. The van der Waals surface area contributed by atoms with E-state index in [-0.39, 0.29) is 12.3 Å². The van der Waals surface area contributed by atoms with E-state index in [1.165, 1.54) is 17.9 Å². The molecule has 0 unspecified atom stereocenters. The Balaban J connectivity index is 3.22. The second-order valence-electron chi connectivity index (χ2n) is 2.65. The Bertz CT molecular complexity index is 391. The minimum Gasteiger partial charge on any atom is -0.364 e. The van der Waals surface area contributed by atoms with Crippen molar-refractivity contribution >= 4 is 0 Å². The smallest absolute Gasteiger partial charge is 0.330 e. The van der Waals surface area contributed by atoms with Crippen molar-refractivity contribution in [3.05, 3.63) is 32.6 Å². The molecule has 0 atom stereocenters. The third-order valence-electron chi connectivity index (χ3n) is 1.73. The third-order valence-corrected chi connectivity index (χ3v) is 1.73. The van der Waals surface area contributed by atoms with Crippen LogP contribution >= 0.6 is 0 Å². The number of hydrogen-bond donors (Lipinski definition) is 1. The van der Waals surface area contributed by atoms with Crippen LogP contribution < -0.4 is 11.2 Å². The van der Waals surface area contributed by atoms with E-state index in [1.54, 1.807) is 0 Å². The van der Waals surface area contributed by atoms with Gasteiger partial charge in [-0.3, -0.25) is 14.3 Å². The number of H-pyrrole nitrogens is 1. The molecule has 1 heterocycles. The van der Waals surface area contributed by atoms with E-state index >= 15 is 0 Å². The van der Waals surface area contributed by atoms with Crippen LogP contribution in [0.25, 0.3) is 0 Å². The first kappa shape index (κ1) is 9.73. The Labute approximate surface area is 75.0 Å². The van der Waals surface area contributed by atoms with Crippen LogP contribution in [0.1, 0.15) is 12.5 Å². The molecular weight excluding hydrogens is 172 g/mol. The van der Waals surface area contributed by atoms with Crippen LogP contribution in [0.3, 0.4) is 0 Å². The van der Waals surface area contributed by atoms with Crippen LogP contribution in [0.4, 0.5) is 0 Å². The van der Waals surface area contributed by atoms with Crippen molar-refractivity contribution < 1.29 is 4.74 Å². The van der Waals surface area contributed by atoms with E-state index < -0.39 is 5.69 Å². The molecule has 0 aliphatic heterocycles. The number of ether oxygens (including phenoxy) is 1. The quantitative estimate of drug-likeness (QED) is 0.701. The fourth-order valence-electron chi connectivity index (χ4n) is 1.04.